The minimum Gasteiger partial charge on any atom is -0.332 e. The van der Waals surface area contributed by atoms with Gasteiger partial charge in [-0.2, -0.15) is 5.10 Å². The summed E-state index contributed by atoms with van der Waals surface area (Å²) in [6, 6.07) is 14.8. The van der Waals surface area contributed by atoms with Crippen LogP contribution in [0, 0.1) is 6.92 Å². The van der Waals surface area contributed by atoms with Crippen LogP contribution in [-0.2, 0) is 13.1 Å². The summed E-state index contributed by atoms with van der Waals surface area (Å²) in [4.78, 5) is 27.6. The number of carbonyl (C=O) groups is 1. The maximum absolute atomic E-state index is 12.9. The van der Waals surface area contributed by atoms with Crippen molar-refractivity contribution < 1.29 is 4.79 Å². The highest BCUT2D eigenvalue weighted by Crippen LogP contribution is 2.15. The predicted molar refractivity (Wildman–Crippen MR) is 119 cm³/mol. The van der Waals surface area contributed by atoms with Crippen LogP contribution in [0.15, 0.2) is 53.3 Å². The van der Waals surface area contributed by atoms with Gasteiger partial charge in [-0.25, -0.2) is 9.48 Å². The quantitative estimate of drug-likeness (QED) is 0.660. The zero-order valence-corrected chi connectivity index (χ0v) is 17.2. The summed E-state index contributed by atoms with van der Waals surface area (Å²) in [6.07, 6.45) is 2.43. The predicted octanol–water partition coefficient (Wildman–Crippen LogP) is 3.12. The molecule has 2 heterocycles. The molecule has 0 radical (unpaired) electrons. The first-order valence-corrected chi connectivity index (χ1v) is 10.4. The van der Waals surface area contributed by atoms with Gasteiger partial charge in [0.25, 0.3) is 5.56 Å². The molecule has 0 spiro atoms. The van der Waals surface area contributed by atoms with E-state index in [1.165, 1.54) is 17.5 Å². The van der Waals surface area contributed by atoms with Crippen molar-refractivity contribution in [1.29, 1.82) is 0 Å². The standard InChI is InChI=1S/C23H27N5O2/c1-17-8-2-5-11-20(17)25-23(30)24-16-21-18-9-3-4-10-19(18)22(29)28(26-21)15-14-27-12-6-7-13-27/h2-5,8-11H,6-7,12-16H2,1H3,(H2,24,25,30). The molecule has 0 saturated carbocycles. The SMILES string of the molecule is Cc1ccccc1NC(=O)NCc1nn(CCN2CCCC2)c(=O)c2ccccc12. The van der Waals surface area contributed by atoms with Crippen molar-refractivity contribution in [2.75, 3.05) is 25.0 Å². The molecule has 0 bridgehead atoms. The summed E-state index contributed by atoms with van der Waals surface area (Å²) < 4.78 is 1.54. The molecule has 2 N–H and O–H groups in total. The number of benzene rings is 2. The van der Waals surface area contributed by atoms with Crippen molar-refractivity contribution >= 4 is 22.5 Å². The molecule has 4 rings (SSSR count). The number of hydrogen-bond donors (Lipinski definition) is 2. The monoisotopic (exact) mass is 405 g/mol. The lowest BCUT2D eigenvalue weighted by atomic mass is 10.1. The van der Waals surface area contributed by atoms with E-state index in [1.807, 2.05) is 55.5 Å². The molecule has 7 nitrogen and oxygen atoms in total. The van der Waals surface area contributed by atoms with E-state index in [2.05, 4.69) is 20.6 Å². The second-order valence-electron chi connectivity index (χ2n) is 7.69. The van der Waals surface area contributed by atoms with Crippen LogP contribution in [-0.4, -0.2) is 40.3 Å². The average molecular weight is 406 g/mol. The van der Waals surface area contributed by atoms with E-state index >= 15 is 0 Å². The number of amides is 2. The molecule has 2 amide bonds. The Balaban J connectivity index is 1.52. The van der Waals surface area contributed by atoms with Crippen molar-refractivity contribution in [3.05, 3.63) is 70.1 Å². The molecule has 1 saturated heterocycles. The van der Waals surface area contributed by atoms with Gasteiger partial charge in [-0.3, -0.25) is 4.79 Å². The highest BCUT2D eigenvalue weighted by molar-refractivity contribution is 5.90. The molecule has 1 aliphatic heterocycles. The molecule has 30 heavy (non-hydrogen) atoms. The van der Waals surface area contributed by atoms with E-state index in [1.54, 1.807) is 0 Å². The second-order valence-corrected chi connectivity index (χ2v) is 7.69. The molecule has 0 unspecified atom stereocenters. The third kappa shape index (κ3) is 4.52. The van der Waals surface area contributed by atoms with E-state index in [0.717, 1.165) is 36.3 Å². The van der Waals surface area contributed by atoms with Crippen LogP contribution in [0.2, 0.25) is 0 Å². The second kappa shape index (κ2) is 9.09. The largest absolute Gasteiger partial charge is 0.332 e. The van der Waals surface area contributed by atoms with Gasteiger partial charge in [0.05, 0.1) is 24.2 Å². The first kappa shape index (κ1) is 20.1. The summed E-state index contributed by atoms with van der Waals surface area (Å²) in [5.74, 6) is 0. The first-order valence-electron chi connectivity index (χ1n) is 10.4. The molecule has 1 aliphatic rings. The Labute approximate surface area is 175 Å². The Hall–Kier alpha value is -3.19. The Morgan fingerprint density at radius 2 is 1.70 bits per heavy atom. The van der Waals surface area contributed by atoms with Gasteiger partial charge in [0.2, 0.25) is 0 Å². The fraction of sp³-hybridized carbons (Fsp3) is 0.348. The molecule has 0 atom stereocenters. The molecule has 156 valence electrons. The molecule has 7 heteroatoms. The van der Waals surface area contributed by atoms with Crippen LogP contribution in [0.1, 0.15) is 24.1 Å². The summed E-state index contributed by atoms with van der Waals surface area (Å²) >= 11 is 0. The number of carbonyl (C=O) groups excluding carboxylic acids is 1. The lowest BCUT2D eigenvalue weighted by molar-refractivity contribution is 0.251. The smallest absolute Gasteiger partial charge is 0.319 e. The number of urea groups is 1. The van der Waals surface area contributed by atoms with E-state index in [9.17, 15) is 9.59 Å². The summed E-state index contributed by atoms with van der Waals surface area (Å²) in [5.41, 5.74) is 2.36. The number of nitrogens with one attached hydrogen (secondary N) is 2. The first-order chi connectivity index (χ1) is 14.6. The Morgan fingerprint density at radius 3 is 2.47 bits per heavy atom. The number of hydrogen-bond acceptors (Lipinski definition) is 4. The number of rotatable bonds is 6. The fourth-order valence-corrected chi connectivity index (χ4v) is 3.87. The third-order valence-electron chi connectivity index (χ3n) is 5.58. The Bertz CT molecular complexity index is 1100. The topological polar surface area (TPSA) is 79.3 Å². The molecular formula is C23H27N5O2. The summed E-state index contributed by atoms with van der Waals surface area (Å²) in [5, 5.41) is 11.7. The van der Waals surface area contributed by atoms with Crippen molar-refractivity contribution in [3.8, 4) is 0 Å². The van der Waals surface area contributed by atoms with Crippen molar-refractivity contribution in [3.63, 3.8) is 0 Å². The lowest BCUT2D eigenvalue weighted by Gasteiger charge is -2.16. The van der Waals surface area contributed by atoms with Crippen LogP contribution in [0.3, 0.4) is 0 Å². The van der Waals surface area contributed by atoms with Gasteiger partial charge in [-0.05, 0) is 50.6 Å². The molecular weight excluding hydrogens is 378 g/mol. The highest BCUT2D eigenvalue weighted by Gasteiger charge is 2.15. The van der Waals surface area contributed by atoms with Gasteiger partial charge in [-0.15, -0.1) is 0 Å². The van der Waals surface area contributed by atoms with Crippen molar-refractivity contribution in [2.45, 2.75) is 32.9 Å². The van der Waals surface area contributed by atoms with Gasteiger partial charge in [0.15, 0.2) is 0 Å². The van der Waals surface area contributed by atoms with Crippen LogP contribution in [0.4, 0.5) is 10.5 Å². The number of para-hydroxylation sites is 1. The number of aryl methyl sites for hydroxylation is 1. The number of fused-ring (bicyclic) bond motifs is 1. The molecule has 1 fully saturated rings. The van der Waals surface area contributed by atoms with E-state index in [0.29, 0.717) is 17.6 Å². The summed E-state index contributed by atoms with van der Waals surface area (Å²) in [7, 11) is 0. The third-order valence-corrected chi connectivity index (χ3v) is 5.58. The van der Waals surface area contributed by atoms with Gasteiger partial charge in [-0.1, -0.05) is 36.4 Å². The highest BCUT2D eigenvalue weighted by atomic mass is 16.2. The molecule has 1 aromatic heterocycles. The molecule has 0 aliphatic carbocycles. The van der Waals surface area contributed by atoms with Crippen molar-refractivity contribution in [2.24, 2.45) is 0 Å². The Kier molecular flexibility index (Phi) is 6.09. The number of aromatic nitrogens is 2. The van der Waals surface area contributed by atoms with Gasteiger partial charge in [0.1, 0.15) is 0 Å². The zero-order chi connectivity index (χ0) is 20.9. The maximum Gasteiger partial charge on any atom is 0.319 e. The van der Waals surface area contributed by atoms with Gasteiger partial charge >= 0.3 is 6.03 Å². The summed E-state index contributed by atoms with van der Waals surface area (Å²) in [6.45, 7) is 5.70. The molecule has 3 aromatic rings. The number of nitrogens with zero attached hydrogens (tertiary/aromatic N) is 3. The lowest BCUT2D eigenvalue weighted by Crippen LogP contribution is -2.33. The van der Waals surface area contributed by atoms with E-state index in [4.69, 9.17) is 0 Å². The normalized spacial score (nSPS) is 14.2. The Morgan fingerprint density at radius 1 is 1.00 bits per heavy atom. The number of anilines is 1. The van der Waals surface area contributed by atoms with Crippen LogP contribution < -0.4 is 16.2 Å². The maximum atomic E-state index is 12.9. The van der Waals surface area contributed by atoms with E-state index < -0.39 is 0 Å². The molecule has 2 aromatic carbocycles. The minimum atomic E-state index is -0.301. The fourth-order valence-electron chi connectivity index (χ4n) is 3.87. The average Bonchev–Trinajstić information content (AvgIpc) is 3.28. The van der Waals surface area contributed by atoms with Crippen molar-refractivity contribution in [1.82, 2.24) is 20.0 Å². The van der Waals surface area contributed by atoms with E-state index in [-0.39, 0.29) is 18.1 Å². The van der Waals surface area contributed by atoms with Crippen LogP contribution >= 0.6 is 0 Å². The minimum absolute atomic E-state index is 0.0853. The van der Waals surface area contributed by atoms with Crippen LogP contribution in [0.25, 0.3) is 10.8 Å². The van der Waals surface area contributed by atoms with Crippen LogP contribution in [0.5, 0.6) is 0 Å². The van der Waals surface area contributed by atoms with Gasteiger partial charge in [0, 0.05) is 17.6 Å². The van der Waals surface area contributed by atoms with Gasteiger partial charge < -0.3 is 15.5 Å². The number of likely N-dealkylation sites (tertiary alicyclic amines) is 1. The zero-order valence-electron chi connectivity index (χ0n) is 17.2.